The Morgan fingerprint density at radius 2 is 2.27 bits per heavy atom. The van der Waals surface area contributed by atoms with Gasteiger partial charge in [0.25, 0.3) is 5.69 Å². The Morgan fingerprint density at radius 3 is 2.80 bits per heavy atom. The molecule has 0 aliphatic heterocycles. The van der Waals surface area contributed by atoms with Crippen LogP contribution in [-0.4, -0.2) is 17.4 Å². The van der Waals surface area contributed by atoms with E-state index in [-0.39, 0.29) is 5.69 Å². The van der Waals surface area contributed by atoms with Crippen molar-refractivity contribution in [1.82, 2.24) is 0 Å². The van der Waals surface area contributed by atoms with Crippen LogP contribution in [0.2, 0.25) is 0 Å². The zero-order valence-electron chi connectivity index (χ0n) is 8.40. The number of methoxy groups -OCH3 is 1. The number of nitrogens with zero attached hydrogens (tertiary/aromatic N) is 1. The molecule has 1 rings (SSSR count). The van der Waals surface area contributed by atoms with Crippen LogP contribution in [0.25, 0.3) is 0 Å². The fraction of sp³-hybridized carbons (Fsp3) is 0.400. The fourth-order valence-electron chi connectivity index (χ4n) is 1.31. The maximum Gasteiger partial charge on any atom is 0.273 e. The van der Waals surface area contributed by atoms with Crippen LogP contribution in [-0.2, 0) is 6.42 Å². The Bertz CT molecular complexity index is 355. The monoisotopic (exact) mass is 273 g/mol. The first-order valence-electron chi connectivity index (χ1n) is 4.56. The van der Waals surface area contributed by atoms with E-state index in [1.165, 1.54) is 19.2 Å². The molecule has 0 radical (unpaired) electrons. The molecule has 0 aliphatic carbocycles. The molecule has 0 atom stereocenters. The van der Waals surface area contributed by atoms with Crippen molar-refractivity contribution in [3.05, 3.63) is 33.9 Å². The third-order valence-electron chi connectivity index (χ3n) is 2.06. The number of non-ortho nitro benzene ring substituents is 1. The molecule has 0 saturated heterocycles. The summed E-state index contributed by atoms with van der Waals surface area (Å²) in [5.41, 5.74) is 1.07. The standard InChI is InChI=1S/C10H12BrNO3/c1-15-10-7-9(12(13)14)5-4-8(10)3-2-6-11/h4-5,7H,2-3,6H2,1H3. The van der Waals surface area contributed by atoms with Crippen LogP contribution < -0.4 is 4.74 Å². The lowest BCUT2D eigenvalue weighted by atomic mass is 10.1. The predicted molar refractivity (Wildman–Crippen MR) is 61.8 cm³/mol. The molecule has 0 aliphatic rings. The quantitative estimate of drug-likeness (QED) is 0.471. The molecule has 1 aromatic carbocycles. The topological polar surface area (TPSA) is 52.4 Å². The molecule has 0 aromatic heterocycles. The first-order chi connectivity index (χ1) is 7.19. The summed E-state index contributed by atoms with van der Waals surface area (Å²) < 4.78 is 5.11. The van der Waals surface area contributed by atoms with Gasteiger partial charge in [-0.05, 0) is 24.5 Å². The highest BCUT2D eigenvalue weighted by molar-refractivity contribution is 9.09. The van der Waals surface area contributed by atoms with E-state index in [4.69, 9.17) is 4.74 Å². The van der Waals surface area contributed by atoms with Crippen LogP contribution in [0.5, 0.6) is 5.75 Å². The minimum absolute atomic E-state index is 0.0643. The van der Waals surface area contributed by atoms with Crippen molar-refractivity contribution in [1.29, 1.82) is 0 Å². The number of alkyl halides is 1. The summed E-state index contributed by atoms with van der Waals surface area (Å²) in [7, 11) is 1.52. The van der Waals surface area contributed by atoms with Crippen LogP contribution in [0.1, 0.15) is 12.0 Å². The van der Waals surface area contributed by atoms with Crippen molar-refractivity contribution in [2.45, 2.75) is 12.8 Å². The molecule has 1 aromatic rings. The van der Waals surface area contributed by atoms with Gasteiger partial charge in [-0.1, -0.05) is 15.9 Å². The number of ether oxygens (including phenoxy) is 1. The number of benzene rings is 1. The molecular formula is C10H12BrNO3. The lowest BCUT2D eigenvalue weighted by molar-refractivity contribution is -0.384. The Labute approximate surface area is 96.5 Å². The van der Waals surface area contributed by atoms with E-state index in [0.29, 0.717) is 5.75 Å². The van der Waals surface area contributed by atoms with Crippen molar-refractivity contribution < 1.29 is 9.66 Å². The molecule has 0 N–H and O–H groups in total. The van der Waals surface area contributed by atoms with E-state index < -0.39 is 4.92 Å². The van der Waals surface area contributed by atoms with E-state index in [1.807, 2.05) is 0 Å². The second kappa shape index (κ2) is 5.70. The van der Waals surface area contributed by atoms with E-state index >= 15 is 0 Å². The van der Waals surface area contributed by atoms with Gasteiger partial charge in [-0.2, -0.15) is 0 Å². The third-order valence-corrected chi connectivity index (χ3v) is 2.62. The van der Waals surface area contributed by atoms with Gasteiger partial charge in [-0.15, -0.1) is 0 Å². The van der Waals surface area contributed by atoms with Gasteiger partial charge < -0.3 is 4.74 Å². The average molecular weight is 274 g/mol. The zero-order valence-corrected chi connectivity index (χ0v) is 9.99. The number of nitro benzene ring substituents is 1. The Kier molecular flexibility index (Phi) is 4.55. The number of rotatable bonds is 5. The zero-order chi connectivity index (χ0) is 11.3. The van der Waals surface area contributed by atoms with Gasteiger partial charge in [0.2, 0.25) is 0 Å². The van der Waals surface area contributed by atoms with E-state index in [9.17, 15) is 10.1 Å². The summed E-state index contributed by atoms with van der Waals surface area (Å²) in [6.45, 7) is 0. The Morgan fingerprint density at radius 1 is 1.53 bits per heavy atom. The van der Waals surface area contributed by atoms with Gasteiger partial charge in [0, 0.05) is 11.4 Å². The molecule has 4 nitrogen and oxygen atoms in total. The highest BCUT2D eigenvalue weighted by Gasteiger charge is 2.10. The second-order valence-corrected chi connectivity index (χ2v) is 3.84. The highest BCUT2D eigenvalue weighted by Crippen LogP contribution is 2.25. The predicted octanol–water partition coefficient (Wildman–Crippen LogP) is 2.93. The summed E-state index contributed by atoms with van der Waals surface area (Å²) in [5, 5.41) is 11.4. The molecular weight excluding hydrogens is 262 g/mol. The maximum absolute atomic E-state index is 10.5. The summed E-state index contributed by atoms with van der Waals surface area (Å²) in [4.78, 5) is 10.1. The Hall–Kier alpha value is -1.10. The highest BCUT2D eigenvalue weighted by atomic mass is 79.9. The number of nitro groups is 1. The van der Waals surface area contributed by atoms with Crippen LogP contribution in [0.4, 0.5) is 5.69 Å². The van der Waals surface area contributed by atoms with Crippen molar-refractivity contribution in [2.75, 3.05) is 12.4 Å². The van der Waals surface area contributed by atoms with Crippen molar-refractivity contribution >= 4 is 21.6 Å². The minimum Gasteiger partial charge on any atom is -0.496 e. The van der Waals surface area contributed by atoms with Gasteiger partial charge in [-0.25, -0.2) is 0 Å². The smallest absolute Gasteiger partial charge is 0.273 e. The summed E-state index contributed by atoms with van der Waals surface area (Å²) >= 11 is 3.34. The molecule has 0 unspecified atom stereocenters. The lowest BCUT2D eigenvalue weighted by Crippen LogP contribution is -1.95. The minimum atomic E-state index is -0.420. The summed E-state index contributed by atoms with van der Waals surface area (Å²) in [5.74, 6) is 0.588. The third kappa shape index (κ3) is 3.20. The van der Waals surface area contributed by atoms with Gasteiger partial charge in [-0.3, -0.25) is 10.1 Å². The molecule has 0 fully saturated rings. The molecule has 0 spiro atoms. The second-order valence-electron chi connectivity index (χ2n) is 3.05. The lowest BCUT2D eigenvalue weighted by Gasteiger charge is -2.06. The average Bonchev–Trinajstić information content (AvgIpc) is 2.25. The number of hydrogen-bond acceptors (Lipinski definition) is 3. The van der Waals surface area contributed by atoms with Crippen molar-refractivity contribution in [3.63, 3.8) is 0 Å². The Balaban J connectivity index is 2.93. The number of aryl methyl sites for hydroxylation is 1. The van der Waals surface area contributed by atoms with Gasteiger partial charge in [0.1, 0.15) is 5.75 Å². The normalized spacial score (nSPS) is 10.0. The first-order valence-corrected chi connectivity index (χ1v) is 5.68. The molecule has 0 saturated carbocycles. The molecule has 15 heavy (non-hydrogen) atoms. The largest absolute Gasteiger partial charge is 0.496 e. The van der Waals surface area contributed by atoms with Crippen LogP contribution in [0, 0.1) is 10.1 Å². The first kappa shape index (κ1) is 12.0. The SMILES string of the molecule is COc1cc([N+](=O)[O-])ccc1CCCBr. The van der Waals surface area contributed by atoms with Crippen LogP contribution in [0.3, 0.4) is 0 Å². The van der Waals surface area contributed by atoms with Gasteiger partial charge >= 0.3 is 0 Å². The van der Waals surface area contributed by atoms with Crippen molar-refractivity contribution in [3.8, 4) is 5.75 Å². The maximum atomic E-state index is 10.5. The van der Waals surface area contributed by atoms with Crippen molar-refractivity contribution in [2.24, 2.45) is 0 Å². The molecule has 0 amide bonds. The van der Waals surface area contributed by atoms with E-state index in [2.05, 4.69) is 15.9 Å². The molecule has 82 valence electrons. The van der Waals surface area contributed by atoms with E-state index in [1.54, 1.807) is 6.07 Å². The fourth-order valence-corrected chi connectivity index (χ4v) is 1.59. The van der Waals surface area contributed by atoms with E-state index in [0.717, 1.165) is 23.7 Å². The molecule has 0 heterocycles. The summed E-state index contributed by atoms with van der Waals surface area (Å²) in [6, 6.07) is 4.72. The number of halogens is 1. The molecule has 5 heteroatoms. The van der Waals surface area contributed by atoms with Crippen LogP contribution in [0.15, 0.2) is 18.2 Å². The van der Waals surface area contributed by atoms with Crippen LogP contribution >= 0.6 is 15.9 Å². The summed E-state index contributed by atoms with van der Waals surface area (Å²) in [6.07, 6.45) is 1.83. The number of hydrogen-bond donors (Lipinski definition) is 0. The van der Waals surface area contributed by atoms with Gasteiger partial charge in [0.15, 0.2) is 0 Å². The molecule has 0 bridgehead atoms. The van der Waals surface area contributed by atoms with Gasteiger partial charge in [0.05, 0.1) is 18.1 Å².